The Balaban J connectivity index is 1.72. The van der Waals surface area contributed by atoms with Crippen LogP contribution in [0.3, 0.4) is 0 Å². The van der Waals surface area contributed by atoms with Crippen LogP contribution in [0.4, 0.5) is 10.2 Å². The van der Waals surface area contributed by atoms with Crippen molar-refractivity contribution in [1.82, 2.24) is 9.71 Å². The number of rotatable bonds is 6. The van der Waals surface area contributed by atoms with E-state index in [2.05, 4.69) is 21.1 Å². The molecule has 0 saturated heterocycles. The van der Waals surface area contributed by atoms with Gasteiger partial charge in [-0.15, -0.1) is 0 Å². The van der Waals surface area contributed by atoms with Gasteiger partial charge in [0.25, 0.3) is 0 Å². The van der Waals surface area contributed by atoms with Gasteiger partial charge < -0.3 is 5.32 Å². The molecular formula is C20H19FN4O2S. The largest absolute Gasteiger partial charge is 0.368 e. The highest BCUT2D eigenvalue weighted by atomic mass is 32.2. The van der Waals surface area contributed by atoms with Crippen LogP contribution in [-0.2, 0) is 10.0 Å². The average Bonchev–Trinajstić information content (AvgIpc) is 2.68. The van der Waals surface area contributed by atoms with Crippen LogP contribution in [0, 0.1) is 31.0 Å². The van der Waals surface area contributed by atoms with Crippen LogP contribution < -0.4 is 10.0 Å². The number of benzene rings is 2. The first-order valence-corrected chi connectivity index (χ1v) is 10.1. The molecule has 0 amide bonds. The van der Waals surface area contributed by atoms with Crippen LogP contribution >= 0.6 is 0 Å². The van der Waals surface area contributed by atoms with Crippen LogP contribution in [-0.4, -0.2) is 26.5 Å². The first kappa shape index (κ1) is 19.7. The highest BCUT2D eigenvalue weighted by Gasteiger charge is 2.14. The molecule has 8 heteroatoms. The van der Waals surface area contributed by atoms with E-state index in [1.54, 1.807) is 6.07 Å². The zero-order valence-corrected chi connectivity index (χ0v) is 16.3. The lowest BCUT2D eigenvalue weighted by atomic mass is 10.0. The summed E-state index contributed by atoms with van der Waals surface area (Å²) in [7, 11) is -3.74. The number of aryl methyl sites for hydroxylation is 2. The quantitative estimate of drug-likeness (QED) is 0.622. The molecule has 3 rings (SSSR count). The molecule has 0 aliphatic heterocycles. The highest BCUT2D eigenvalue weighted by molar-refractivity contribution is 7.89. The molecule has 0 saturated carbocycles. The van der Waals surface area contributed by atoms with E-state index >= 15 is 0 Å². The molecule has 0 spiro atoms. The fourth-order valence-corrected chi connectivity index (χ4v) is 3.80. The monoisotopic (exact) mass is 398 g/mol. The summed E-state index contributed by atoms with van der Waals surface area (Å²) in [6.07, 6.45) is 0. The fourth-order valence-electron chi connectivity index (χ4n) is 2.77. The number of sulfonamides is 1. The summed E-state index contributed by atoms with van der Waals surface area (Å²) < 4.78 is 39.8. The van der Waals surface area contributed by atoms with Crippen molar-refractivity contribution in [2.45, 2.75) is 18.7 Å². The number of nitrogens with one attached hydrogen (secondary N) is 2. The molecule has 0 atom stereocenters. The summed E-state index contributed by atoms with van der Waals surface area (Å²) in [6.45, 7) is 4.28. The van der Waals surface area contributed by atoms with Gasteiger partial charge in [-0.2, -0.15) is 5.26 Å². The van der Waals surface area contributed by atoms with Crippen LogP contribution in [0.5, 0.6) is 0 Å². The Kier molecular flexibility index (Phi) is 5.58. The van der Waals surface area contributed by atoms with Crippen molar-refractivity contribution in [1.29, 1.82) is 5.26 Å². The second-order valence-corrected chi connectivity index (χ2v) is 8.12. The summed E-state index contributed by atoms with van der Waals surface area (Å²) in [5, 5.41) is 13.3. The van der Waals surface area contributed by atoms with E-state index in [0.717, 1.165) is 34.2 Å². The third-order valence-corrected chi connectivity index (χ3v) is 5.94. The van der Waals surface area contributed by atoms with Crippen LogP contribution in [0.15, 0.2) is 47.4 Å². The van der Waals surface area contributed by atoms with Crippen molar-refractivity contribution in [2.75, 3.05) is 18.4 Å². The maximum atomic E-state index is 12.9. The molecule has 0 aliphatic rings. The Morgan fingerprint density at radius 1 is 1.11 bits per heavy atom. The Morgan fingerprint density at radius 2 is 1.82 bits per heavy atom. The number of anilines is 1. The molecule has 2 N–H and O–H groups in total. The molecule has 1 aromatic heterocycles. The average molecular weight is 398 g/mol. The number of halogens is 1. The lowest BCUT2D eigenvalue weighted by Gasteiger charge is -2.12. The molecule has 6 nitrogen and oxygen atoms in total. The van der Waals surface area contributed by atoms with Crippen molar-refractivity contribution in [2.24, 2.45) is 0 Å². The number of nitriles is 1. The van der Waals surface area contributed by atoms with Crippen molar-refractivity contribution in [3.8, 4) is 6.07 Å². The summed E-state index contributed by atoms with van der Waals surface area (Å²) in [5.74, 6) is -0.0951. The summed E-state index contributed by atoms with van der Waals surface area (Å²) in [5.41, 5.74) is 3.32. The lowest BCUT2D eigenvalue weighted by Crippen LogP contribution is -2.29. The summed E-state index contributed by atoms with van der Waals surface area (Å²) >= 11 is 0. The summed E-state index contributed by atoms with van der Waals surface area (Å²) in [4.78, 5) is 4.54. The van der Waals surface area contributed by atoms with Gasteiger partial charge in [0.15, 0.2) is 0 Å². The lowest BCUT2D eigenvalue weighted by molar-refractivity contribution is 0.582. The van der Waals surface area contributed by atoms with Crippen molar-refractivity contribution >= 4 is 26.7 Å². The SMILES string of the molecule is Cc1ccc2cc(C#N)c(NCCNS(=O)(=O)c3ccc(F)cc3)nc2c1C. The minimum absolute atomic E-state index is 0.0125. The Hall–Kier alpha value is -3.02. The first-order valence-electron chi connectivity index (χ1n) is 8.62. The molecule has 28 heavy (non-hydrogen) atoms. The molecule has 0 aliphatic carbocycles. The third-order valence-electron chi connectivity index (χ3n) is 4.47. The van der Waals surface area contributed by atoms with E-state index in [1.165, 1.54) is 12.1 Å². The van der Waals surface area contributed by atoms with E-state index in [-0.39, 0.29) is 18.0 Å². The Labute approximate surface area is 163 Å². The van der Waals surface area contributed by atoms with Gasteiger partial charge in [0.2, 0.25) is 10.0 Å². The number of nitrogens with zero attached hydrogens (tertiary/aromatic N) is 2. The van der Waals surface area contributed by atoms with Gasteiger partial charge in [0, 0.05) is 18.5 Å². The molecule has 2 aromatic carbocycles. The second-order valence-electron chi connectivity index (χ2n) is 6.35. The minimum Gasteiger partial charge on any atom is -0.368 e. The van der Waals surface area contributed by atoms with E-state index < -0.39 is 15.8 Å². The Bertz CT molecular complexity index is 1170. The van der Waals surface area contributed by atoms with Crippen molar-refractivity contribution in [3.63, 3.8) is 0 Å². The maximum Gasteiger partial charge on any atom is 0.240 e. The minimum atomic E-state index is -3.74. The Morgan fingerprint density at radius 3 is 2.50 bits per heavy atom. The van der Waals surface area contributed by atoms with Crippen LogP contribution in [0.25, 0.3) is 10.9 Å². The smallest absolute Gasteiger partial charge is 0.240 e. The predicted octanol–water partition coefficient (Wildman–Crippen LogP) is 3.25. The van der Waals surface area contributed by atoms with Crippen LogP contribution in [0.2, 0.25) is 0 Å². The number of pyridine rings is 1. The van der Waals surface area contributed by atoms with Crippen molar-refractivity contribution < 1.29 is 12.8 Å². The fraction of sp³-hybridized carbons (Fsp3) is 0.200. The zero-order valence-electron chi connectivity index (χ0n) is 15.5. The standard InChI is InChI=1S/C20H19FN4O2S/c1-13-3-4-15-11-16(12-22)20(25-19(15)14(13)2)23-9-10-24-28(26,27)18-7-5-17(21)6-8-18/h3-8,11,24H,9-10H2,1-2H3,(H,23,25). The molecule has 0 fully saturated rings. The van der Waals surface area contributed by atoms with E-state index in [0.29, 0.717) is 11.4 Å². The molecule has 0 unspecified atom stereocenters. The number of hydrogen-bond acceptors (Lipinski definition) is 5. The maximum absolute atomic E-state index is 12.9. The van der Waals surface area contributed by atoms with E-state index in [1.807, 2.05) is 26.0 Å². The van der Waals surface area contributed by atoms with E-state index in [9.17, 15) is 18.1 Å². The molecule has 1 heterocycles. The number of aromatic nitrogens is 1. The molecule has 3 aromatic rings. The first-order chi connectivity index (χ1) is 13.3. The molecule has 144 valence electrons. The molecular weight excluding hydrogens is 379 g/mol. The van der Waals surface area contributed by atoms with Gasteiger partial charge >= 0.3 is 0 Å². The van der Waals surface area contributed by atoms with E-state index in [4.69, 9.17) is 0 Å². The van der Waals surface area contributed by atoms with Gasteiger partial charge in [-0.05, 0) is 55.3 Å². The van der Waals surface area contributed by atoms with Gasteiger partial charge in [0.05, 0.1) is 16.0 Å². The molecule has 0 radical (unpaired) electrons. The van der Waals surface area contributed by atoms with Gasteiger partial charge in [-0.1, -0.05) is 12.1 Å². The molecule has 0 bridgehead atoms. The third kappa shape index (κ3) is 4.11. The number of fused-ring (bicyclic) bond motifs is 1. The van der Waals surface area contributed by atoms with Crippen LogP contribution in [0.1, 0.15) is 16.7 Å². The normalized spacial score (nSPS) is 11.4. The summed E-state index contributed by atoms with van der Waals surface area (Å²) in [6, 6.07) is 12.4. The number of hydrogen-bond donors (Lipinski definition) is 2. The van der Waals surface area contributed by atoms with Gasteiger partial charge in [0.1, 0.15) is 17.7 Å². The van der Waals surface area contributed by atoms with Crippen molar-refractivity contribution in [3.05, 3.63) is 65.0 Å². The topological polar surface area (TPSA) is 94.9 Å². The predicted molar refractivity (Wildman–Crippen MR) is 106 cm³/mol. The second kappa shape index (κ2) is 7.92. The highest BCUT2D eigenvalue weighted by Crippen LogP contribution is 2.24. The van der Waals surface area contributed by atoms with Gasteiger partial charge in [-0.25, -0.2) is 22.5 Å². The zero-order chi connectivity index (χ0) is 20.3. The van der Waals surface area contributed by atoms with Gasteiger partial charge in [-0.3, -0.25) is 0 Å².